The number of nitrogens with zero attached hydrogens (tertiary/aromatic N) is 3. The van der Waals surface area contributed by atoms with Crippen LogP contribution in [0.1, 0.15) is 6.92 Å². The molecule has 1 saturated heterocycles. The first-order valence-corrected chi connectivity index (χ1v) is 5.99. The van der Waals surface area contributed by atoms with E-state index in [9.17, 15) is 0 Å². The normalized spacial score (nSPS) is 25.2. The van der Waals surface area contributed by atoms with Crippen LogP contribution in [0, 0.1) is 5.92 Å². The fourth-order valence-electron chi connectivity index (χ4n) is 2.06. The molecular weight excluding hydrogens is 220 g/mol. The molecule has 1 heterocycles. The Hall–Kier alpha value is -0.850. The Labute approximate surface area is 103 Å². The Bertz CT molecular complexity index is 260. The number of hydrogen-bond acceptors (Lipinski definition) is 5. The molecule has 1 rings (SSSR count). The van der Waals surface area contributed by atoms with Crippen LogP contribution in [0.5, 0.6) is 0 Å². The van der Waals surface area contributed by atoms with Crippen LogP contribution in [-0.2, 0) is 4.74 Å². The van der Waals surface area contributed by atoms with E-state index in [1.165, 1.54) is 0 Å². The van der Waals surface area contributed by atoms with Crippen LogP contribution in [0.3, 0.4) is 0 Å². The number of amidine groups is 1. The second-order valence-electron chi connectivity index (χ2n) is 4.90. The molecule has 0 bridgehead atoms. The van der Waals surface area contributed by atoms with Crippen LogP contribution < -0.4 is 5.73 Å². The molecule has 6 heteroatoms. The van der Waals surface area contributed by atoms with Gasteiger partial charge in [0.25, 0.3) is 0 Å². The summed E-state index contributed by atoms with van der Waals surface area (Å²) in [6.45, 7) is 6.33. The monoisotopic (exact) mass is 244 g/mol. The topological polar surface area (TPSA) is 74.3 Å². The lowest BCUT2D eigenvalue weighted by Crippen LogP contribution is -2.46. The molecule has 0 aromatic heterocycles. The van der Waals surface area contributed by atoms with Gasteiger partial charge in [-0.05, 0) is 14.1 Å². The maximum atomic E-state index is 8.59. The summed E-state index contributed by atoms with van der Waals surface area (Å²) in [6, 6.07) is 0. The fraction of sp³-hybridized carbons (Fsp3) is 0.909. The minimum atomic E-state index is 0.0475. The van der Waals surface area contributed by atoms with Gasteiger partial charge in [-0.2, -0.15) is 0 Å². The van der Waals surface area contributed by atoms with Crippen LogP contribution in [0.4, 0.5) is 0 Å². The van der Waals surface area contributed by atoms with E-state index in [2.05, 4.69) is 22.0 Å². The van der Waals surface area contributed by atoms with Gasteiger partial charge in [-0.1, -0.05) is 12.1 Å². The van der Waals surface area contributed by atoms with Crippen LogP contribution in [0.25, 0.3) is 0 Å². The Morgan fingerprint density at radius 2 is 2.41 bits per heavy atom. The highest BCUT2D eigenvalue weighted by molar-refractivity contribution is 5.82. The molecule has 2 atom stereocenters. The lowest BCUT2D eigenvalue weighted by atomic mass is 10.1. The second-order valence-corrected chi connectivity index (χ2v) is 4.90. The fourth-order valence-corrected chi connectivity index (χ4v) is 2.06. The van der Waals surface area contributed by atoms with Gasteiger partial charge in [-0.3, -0.25) is 0 Å². The summed E-state index contributed by atoms with van der Waals surface area (Å²) < 4.78 is 5.69. The summed E-state index contributed by atoms with van der Waals surface area (Å²) >= 11 is 0. The van der Waals surface area contributed by atoms with Crippen molar-refractivity contribution in [2.45, 2.75) is 13.0 Å². The van der Waals surface area contributed by atoms with Crippen molar-refractivity contribution >= 4 is 5.84 Å². The van der Waals surface area contributed by atoms with Gasteiger partial charge in [0.05, 0.1) is 12.7 Å². The lowest BCUT2D eigenvalue weighted by molar-refractivity contribution is -0.0330. The van der Waals surface area contributed by atoms with E-state index in [1.807, 2.05) is 14.0 Å². The van der Waals surface area contributed by atoms with Gasteiger partial charge in [0.1, 0.15) is 5.84 Å². The third kappa shape index (κ3) is 4.89. The van der Waals surface area contributed by atoms with Crippen molar-refractivity contribution in [3.63, 3.8) is 0 Å². The smallest absolute Gasteiger partial charge is 0.143 e. The molecule has 2 unspecified atom stereocenters. The molecule has 0 saturated carbocycles. The van der Waals surface area contributed by atoms with Crippen LogP contribution in [-0.4, -0.2) is 73.8 Å². The van der Waals surface area contributed by atoms with E-state index in [4.69, 9.17) is 15.7 Å². The number of rotatable bonds is 5. The lowest BCUT2D eigenvalue weighted by Gasteiger charge is -2.33. The average Bonchev–Trinajstić information content (AvgIpc) is 2.27. The Morgan fingerprint density at radius 1 is 1.71 bits per heavy atom. The zero-order valence-corrected chi connectivity index (χ0v) is 11.0. The molecule has 100 valence electrons. The standard InChI is InChI=1S/C11H24N4O2/c1-9(11(12)13-16)6-15(3)8-10-7-14(2)4-5-17-10/h9-10,16H,4-8H2,1-3H3,(H2,12,13). The predicted octanol–water partition coefficient (Wildman–Crippen LogP) is -0.369. The molecule has 0 aromatic rings. The van der Waals surface area contributed by atoms with E-state index in [-0.39, 0.29) is 17.9 Å². The Kier molecular flexibility index (Phi) is 5.67. The molecule has 6 nitrogen and oxygen atoms in total. The SMILES string of the molecule is CC(CN(C)CC1CN(C)CCO1)C(N)=NO. The summed E-state index contributed by atoms with van der Waals surface area (Å²) in [7, 11) is 4.13. The van der Waals surface area contributed by atoms with Crippen molar-refractivity contribution in [1.82, 2.24) is 9.80 Å². The maximum Gasteiger partial charge on any atom is 0.143 e. The molecule has 1 aliphatic heterocycles. The quantitative estimate of drug-likeness (QED) is 0.299. The maximum absolute atomic E-state index is 8.59. The van der Waals surface area contributed by atoms with Crippen molar-refractivity contribution in [3.05, 3.63) is 0 Å². The third-order valence-electron chi connectivity index (χ3n) is 3.06. The number of likely N-dealkylation sites (N-methyl/N-ethyl adjacent to an activating group) is 2. The van der Waals surface area contributed by atoms with Gasteiger partial charge in [-0.25, -0.2) is 0 Å². The van der Waals surface area contributed by atoms with Crippen molar-refractivity contribution in [2.75, 3.05) is 46.9 Å². The largest absolute Gasteiger partial charge is 0.409 e. The van der Waals surface area contributed by atoms with Crippen molar-refractivity contribution in [3.8, 4) is 0 Å². The van der Waals surface area contributed by atoms with Gasteiger partial charge in [0.15, 0.2) is 0 Å². The third-order valence-corrected chi connectivity index (χ3v) is 3.06. The molecule has 0 amide bonds. The van der Waals surface area contributed by atoms with Gasteiger partial charge in [-0.15, -0.1) is 0 Å². The number of ether oxygens (including phenoxy) is 1. The molecule has 0 radical (unpaired) electrons. The van der Waals surface area contributed by atoms with E-state index in [1.54, 1.807) is 0 Å². The molecule has 1 aliphatic rings. The molecular formula is C11H24N4O2. The highest BCUT2D eigenvalue weighted by atomic mass is 16.5. The van der Waals surface area contributed by atoms with E-state index >= 15 is 0 Å². The van der Waals surface area contributed by atoms with Crippen molar-refractivity contribution in [2.24, 2.45) is 16.8 Å². The highest BCUT2D eigenvalue weighted by Gasteiger charge is 2.20. The summed E-state index contributed by atoms with van der Waals surface area (Å²) in [5.74, 6) is 0.324. The number of hydrogen-bond donors (Lipinski definition) is 2. The van der Waals surface area contributed by atoms with Crippen LogP contribution in [0.15, 0.2) is 5.16 Å². The van der Waals surface area contributed by atoms with E-state index in [0.29, 0.717) is 0 Å². The number of oxime groups is 1. The zero-order valence-electron chi connectivity index (χ0n) is 11.0. The van der Waals surface area contributed by atoms with Gasteiger partial charge >= 0.3 is 0 Å². The minimum Gasteiger partial charge on any atom is -0.409 e. The Morgan fingerprint density at radius 3 is 3.00 bits per heavy atom. The van der Waals surface area contributed by atoms with Gasteiger partial charge in [0, 0.05) is 32.1 Å². The molecule has 17 heavy (non-hydrogen) atoms. The minimum absolute atomic E-state index is 0.0475. The van der Waals surface area contributed by atoms with Crippen LogP contribution >= 0.6 is 0 Å². The Balaban J connectivity index is 2.31. The summed E-state index contributed by atoms with van der Waals surface area (Å²) in [4.78, 5) is 4.43. The first-order valence-electron chi connectivity index (χ1n) is 5.99. The second kappa shape index (κ2) is 6.78. The summed E-state index contributed by atoms with van der Waals surface area (Å²) in [6.07, 6.45) is 0.248. The van der Waals surface area contributed by atoms with Crippen molar-refractivity contribution < 1.29 is 9.94 Å². The number of nitrogens with two attached hydrogens (primary N) is 1. The highest BCUT2D eigenvalue weighted by Crippen LogP contribution is 2.06. The molecule has 0 aliphatic carbocycles. The summed E-state index contributed by atoms with van der Waals surface area (Å²) in [5, 5.41) is 11.6. The summed E-state index contributed by atoms with van der Waals surface area (Å²) in [5.41, 5.74) is 5.55. The molecule has 0 aromatic carbocycles. The van der Waals surface area contributed by atoms with Gasteiger partial charge in [0.2, 0.25) is 0 Å². The van der Waals surface area contributed by atoms with E-state index < -0.39 is 0 Å². The number of morpholine rings is 1. The van der Waals surface area contributed by atoms with E-state index in [0.717, 1.165) is 32.8 Å². The predicted molar refractivity (Wildman–Crippen MR) is 67.3 cm³/mol. The molecule has 3 N–H and O–H groups in total. The van der Waals surface area contributed by atoms with Crippen LogP contribution in [0.2, 0.25) is 0 Å². The first-order chi connectivity index (χ1) is 8.02. The average molecular weight is 244 g/mol. The molecule has 1 fully saturated rings. The molecule has 0 spiro atoms. The first kappa shape index (κ1) is 14.2. The van der Waals surface area contributed by atoms with Crippen molar-refractivity contribution in [1.29, 1.82) is 0 Å². The van der Waals surface area contributed by atoms with Gasteiger partial charge < -0.3 is 25.5 Å². The zero-order chi connectivity index (χ0) is 12.8.